The van der Waals surface area contributed by atoms with Crippen LogP contribution in [0.1, 0.15) is 134 Å². The highest BCUT2D eigenvalue weighted by Crippen LogP contribution is 2.58. The van der Waals surface area contributed by atoms with Gasteiger partial charge in [0.05, 0.1) is 45.3 Å². The molecule has 0 spiro atoms. The van der Waals surface area contributed by atoms with E-state index in [1.807, 2.05) is 0 Å². The van der Waals surface area contributed by atoms with Crippen LogP contribution in [0.15, 0.2) is 291 Å². The van der Waals surface area contributed by atoms with Crippen LogP contribution < -0.4 is 14.7 Å². The maximum absolute atomic E-state index is 12.5. The Bertz CT molecular complexity index is 4610. The zero-order valence-corrected chi connectivity index (χ0v) is 56.5. The lowest BCUT2D eigenvalue weighted by atomic mass is 9.64. The molecule has 13 aromatic rings. The Morgan fingerprint density at radius 3 is 0.694 bits per heavy atom. The average Bonchev–Trinajstić information content (AvgIpc) is 0.746. The molecule has 0 aromatic heterocycles. The number of hydrogen-bond acceptors (Lipinski definition) is 5. The Morgan fingerprint density at radius 1 is 0.245 bits per heavy atom. The van der Waals surface area contributed by atoms with Gasteiger partial charge in [-0.05, 0) is 156 Å². The second kappa shape index (κ2) is 22.4. The van der Waals surface area contributed by atoms with Crippen molar-refractivity contribution in [2.75, 3.05) is 14.7 Å². The van der Waals surface area contributed by atoms with E-state index in [1.165, 1.54) is 55.6 Å². The Morgan fingerprint density at radius 2 is 0.449 bits per heavy atom. The molecule has 0 atom stereocenters. The van der Waals surface area contributed by atoms with Gasteiger partial charge < -0.3 is 14.7 Å². The van der Waals surface area contributed by atoms with Crippen molar-refractivity contribution in [3.63, 3.8) is 0 Å². The van der Waals surface area contributed by atoms with E-state index in [2.05, 4.69) is 373 Å². The van der Waals surface area contributed by atoms with E-state index in [4.69, 9.17) is 0 Å². The molecule has 0 amide bonds. The highest BCUT2D eigenvalue weighted by atomic mass is 15.2. The topological polar surface area (TPSA) is 57.3 Å². The molecule has 0 saturated carbocycles. The number of fused-ring (bicyclic) bond motifs is 8. The monoisotopic (exact) mass is 1260 g/mol. The molecule has 4 aliphatic rings. The van der Waals surface area contributed by atoms with Crippen LogP contribution in [-0.4, -0.2) is 0 Å². The second-order valence-electron chi connectivity index (χ2n) is 29.0. The molecule has 5 heteroatoms. The summed E-state index contributed by atoms with van der Waals surface area (Å²) in [6, 6.07) is 111. The lowest BCUT2D eigenvalue weighted by Crippen LogP contribution is -2.30. The van der Waals surface area contributed by atoms with Crippen LogP contribution in [0.3, 0.4) is 0 Å². The molecule has 470 valence electrons. The molecule has 0 fully saturated rings. The quantitative estimate of drug-likeness (QED) is 0.152. The van der Waals surface area contributed by atoms with Crippen LogP contribution in [0.4, 0.5) is 51.2 Å². The fourth-order valence-electron chi connectivity index (χ4n) is 17.5. The third-order valence-electron chi connectivity index (χ3n) is 22.3. The fourth-order valence-corrected chi connectivity index (χ4v) is 17.5. The molecular formula is C93H73N5. The predicted molar refractivity (Wildman–Crippen MR) is 404 cm³/mol. The molecule has 3 heterocycles. The van der Waals surface area contributed by atoms with Gasteiger partial charge in [-0.25, -0.2) is 0 Å². The number of para-hydroxylation sites is 6. The molecule has 5 nitrogen and oxygen atoms in total. The van der Waals surface area contributed by atoms with Crippen LogP contribution in [-0.2, 0) is 21.7 Å². The minimum Gasteiger partial charge on any atom is -0.310 e. The normalized spacial score (nSPS) is 15.3. The highest BCUT2D eigenvalue weighted by Gasteiger charge is 2.42. The van der Waals surface area contributed by atoms with Gasteiger partial charge in [0.2, 0.25) is 0 Å². The van der Waals surface area contributed by atoms with Crippen molar-refractivity contribution in [1.82, 2.24) is 0 Å². The van der Waals surface area contributed by atoms with Gasteiger partial charge in [0.1, 0.15) is 12.1 Å². The fraction of sp³-hybridized carbons (Fsp3) is 0.140. The van der Waals surface area contributed by atoms with E-state index in [1.54, 1.807) is 0 Å². The SMILES string of the molecule is CC1(C)c2ccccc2C(c2ccc(-c3c(C#N)c(-c4ccc(N5c6ccccc6C(C)(C)c6ccccc65)cc4)c(-c4ccc(N5c6ccccc6C(C)(C)c6ccccc65)cc4)c(C#N)c3-c3ccc(N4c5ccccc5C(C)(C)c5ccccc54)cc3)cc2)c2ccccc21. The summed E-state index contributed by atoms with van der Waals surface area (Å²) in [5, 5.41) is 25.0. The van der Waals surface area contributed by atoms with Gasteiger partial charge in [-0.2, -0.15) is 10.5 Å². The molecule has 1 aliphatic carbocycles. The largest absolute Gasteiger partial charge is 0.310 e. The lowest BCUT2D eigenvalue weighted by Gasteiger charge is -2.42. The molecule has 0 saturated heterocycles. The minimum atomic E-state index is -0.235. The van der Waals surface area contributed by atoms with Crippen molar-refractivity contribution in [1.29, 1.82) is 10.5 Å². The molecule has 0 radical (unpaired) electrons. The Balaban J connectivity index is 0.906. The third kappa shape index (κ3) is 8.89. The standard InChI is InChI=1S/C93H73N5/c1-90(2)71-27-11-9-25-67(71)85(68-26-10-12-28-72(68)90)59-41-43-60(44-42-59)86-69(57-94)88(62-47-53-65(54-48-62)97-81-37-21-15-31-75(81)92(5,6)76-32-16-22-38-82(76)97)89(63-49-55-66(56-50-63)98-83-39-23-17-33-77(83)93(7,8)78-34-18-24-40-84(78)98)70(58-95)87(86)61-45-51-64(52-46-61)96-79-35-19-13-29-73(79)91(3,4)74-30-14-20-36-80(74)96/h9-56,85H,1-8H3. The summed E-state index contributed by atoms with van der Waals surface area (Å²) in [6.45, 7) is 18.5. The van der Waals surface area contributed by atoms with E-state index in [0.717, 1.165) is 79.0 Å². The number of nitrogens with zero attached hydrogens (tertiary/aromatic N) is 5. The number of anilines is 9. The first-order valence-electron chi connectivity index (χ1n) is 34.2. The van der Waals surface area contributed by atoms with Crippen molar-refractivity contribution in [3.8, 4) is 56.6 Å². The summed E-state index contributed by atoms with van der Waals surface area (Å²) >= 11 is 0. The molecule has 17 rings (SSSR count). The first kappa shape index (κ1) is 59.9. The summed E-state index contributed by atoms with van der Waals surface area (Å²) in [7, 11) is 0. The average molecular weight is 1260 g/mol. The summed E-state index contributed by atoms with van der Waals surface area (Å²) < 4.78 is 0. The molecule has 0 bridgehead atoms. The summed E-state index contributed by atoms with van der Waals surface area (Å²) in [5.41, 5.74) is 29.7. The summed E-state index contributed by atoms with van der Waals surface area (Å²) in [5.74, 6) is -0.0278. The minimum absolute atomic E-state index is 0.0278. The molecule has 13 aromatic carbocycles. The summed E-state index contributed by atoms with van der Waals surface area (Å²) in [4.78, 5) is 7.11. The van der Waals surface area contributed by atoms with E-state index in [0.29, 0.717) is 33.4 Å². The molecule has 0 unspecified atom stereocenters. The van der Waals surface area contributed by atoms with Crippen molar-refractivity contribution < 1.29 is 0 Å². The molecular weight excluding hydrogens is 1190 g/mol. The van der Waals surface area contributed by atoms with Crippen LogP contribution in [0.5, 0.6) is 0 Å². The molecule has 0 N–H and O–H groups in total. The van der Waals surface area contributed by atoms with E-state index >= 15 is 0 Å². The zero-order chi connectivity index (χ0) is 67.0. The van der Waals surface area contributed by atoms with Crippen molar-refractivity contribution in [3.05, 3.63) is 364 Å². The van der Waals surface area contributed by atoms with Gasteiger partial charge in [-0.15, -0.1) is 0 Å². The van der Waals surface area contributed by atoms with Gasteiger partial charge in [0.15, 0.2) is 0 Å². The van der Waals surface area contributed by atoms with E-state index in [-0.39, 0.29) is 27.6 Å². The van der Waals surface area contributed by atoms with Crippen molar-refractivity contribution in [2.45, 2.75) is 83.0 Å². The van der Waals surface area contributed by atoms with Crippen LogP contribution in [0.2, 0.25) is 0 Å². The Kier molecular flexibility index (Phi) is 13.7. The van der Waals surface area contributed by atoms with Crippen LogP contribution >= 0.6 is 0 Å². The lowest BCUT2D eigenvalue weighted by molar-refractivity contribution is 0.597. The van der Waals surface area contributed by atoms with Crippen LogP contribution in [0, 0.1) is 22.7 Å². The highest BCUT2D eigenvalue weighted by molar-refractivity contribution is 6.05. The van der Waals surface area contributed by atoms with Gasteiger partial charge >= 0.3 is 0 Å². The zero-order valence-electron chi connectivity index (χ0n) is 56.5. The van der Waals surface area contributed by atoms with Gasteiger partial charge in [0.25, 0.3) is 0 Å². The predicted octanol–water partition coefficient (Wildman–Crippen LogP) is 24.2. The maximum Gasteiger partial charge on any atom is 0.100 e. The van der Waals surface area contributed by atoms with E-state index in [9.17, 15) is 10.5 Å². The van der Waals surface area contributed by atoms with Crippen LogP contribution in [0.25, 0.3) is 44.5 Å². The molecule has 3 aliphatic heterocycles. The molecule has 98 heavy (non-hydrogen) atoms. The first-order valence-corrected chi connectivity index (χ1v) is 34.2. The second-order valence-corrected chi connectivity index (χ2v) is 29.0. The smallest absolute Gasteiger partial charge is 0.100 e. The Labute approximate surface area is 576 Å². The van der Waals surface area contributed by atoms with Crippen molar-refractivity contribution >= 4 is 51.2 Å². The van der Waals surface area contributed by atoms with Gasteiger partial charge in [-0.1, -0.05) is 274 Å². The number of rotatable bonds is 8. The number of hydrogen-bond donors (Lipinski definition) is 0. The summed E-state index contributed by atoms with van der Waals surface area (Å²) in [6.07, 6.45) is 0. The third-order valence-corrected chi connectivity index (χ3v) is 22.3. The Hall–Kier alpha value is -11.8. The first-order chi connectivity index (χ1) is 47.6. The maximum atomic E-state index is 12.5. The number of benzene rings is 13. The van der Waals surface area contributed by atoms with E-state index < -0.39 is 0 Å². The van der Waals surface area contributed by atoms with Gasteiger partial charge in [-0.3, -0.25) is 0 Å². The van der Waals surface area contributed by atoms with Crippen molar-refractivity contribution in [2.24, 2.45) is 0 Å². The number of nitriles is 2. The van der Waals surface area contributed by atoms with Gasteiger partial charge in [0, 0.05) is 66.9 Å².